The van der Waals surface area contributed by atoms with E-state index in [9.17, 15) is 5.11 Å². The number of nitrogens with one attached hydrogen (secondary N) is 1. The molecule has 0 aliphatic heterocycles. The van der Waals surface area contributed by atoms with E-state index in [2.05, 4.69) is 23.8 Å². The van der Waals surface area contributed by atoms with Crippen molar-refractivity contribution in [2.24, 2.45) is 0 Å². The van der Waals surface area contributed by atoms with E-state index in [1.54, 1.807) is 30.6 Å². The Morgan fingerprint density at radius 2 is 1.94 bits per heavy atom. The maximum absolute atomic E-state index is 9.20. The molecule has 0 atom stereocenters. The highest BCUT2D eigenvalue weighted by atomic mass is 16.5. The molecule has 1 aromatic heterocycles. The normalized spacial score (nSPS) is 11.5. The highest BCUT2D eigenvalue weighted by Gasteiger charge is 2.26. The fourth-order valence-corrected chi connectivity index (χ4v) is 1.92. The molecule has 0 aliphatic rings. The second-order valence-electron chi connectivity index (χ2n) is 5.04. The van der Waals surface area contributed by atoms with E-state index in [0.29, 0.717) is 6.61 Å². The van der Waals surface area contributed by atoms with Crippen LogP contribution in [0.1, 0.15) is 25.2 Å². The maximum atomic E-state index is 9.20. The zero-order chi connectivity index (χ0) is 13.2. The van der Waals surface area contributed by atoms with Crippen molar-refractivity contribution in [1.29, 1.82) is 0 Å². The number of rotatable bonds is 4. The van der Waals surface area contributed by atoms with Crippen molar-refractivity contribution in [3.05, 3.63) is 42.0 Å². The van der Waals surface area contributed by atoms with Crippen LogP contribution >= 0.6 is 0 Å². The van der Waals surface area contributed by atoms with Crippen molar-refractivity contribution in [2.45, 2.75) is 26.2 Å². The van der Waals surface area contributed by atoms with Crippen LogP contribution in [0.3, 0.4) is 0 Å². The molecule has 0 amide bonds. The van der Waals surface area contributed by atoms with Crippen LogP contribution in [0.25, 0.3) is 0 Å². The van der Waals surface area contributed by atoms with Crippen LogP contribution in [0.4, 0.5) is 0 Å². The lowest BCUT2D eigenvalue weighted by molar-refractivity contribution is 0.237. The first-order valence-electron chi connectivity index (χ1n) is 5.91. The van der Waals surface area contributed by atoms with Crippen molar-refractivity contribution >= 4 is 0 Å². The molecule has 4 nitrogen and oxygen atoms in total. The molecule has 18 heavy (non-hydrogen) atoms. The van der Waals surface area contributed by atoms with Gasteiger partial charge in [-0.1, -0.05) is 13.8 Å². The number of aromatic amines is 1. The van der Waals surface area contributed by atoms with Crippen molar-refractivity contribution in [3.8, 4) is 11.5 Å². The van der Waals surface area contributed by atoms with Crippen LogP contribution in [0.2, 0.25) is 0 Å². The standard InChI is InChI=1S/C14H18N2O2/c1-10-13(16-9-15-10)14(2,3)8-18-12-6-4-11(17)5-7-12/h4-7,9,17H,8H2,1-3H3,(H,15,16). The van der Waals surface area contributed by atoms with E-state index in [1.165, 1.54) is 0 Å². The third-order valence-electron chi connectivity index (χ3n) is 2.91. The molecule has 0 spiro atoms. The van der Waals surface area contributed by atoms with Gasteiger partial charge in [-0.3, -0.25) is 0 Å². The van der Waals surface area contributed by atoms with E-state index < -0.39 is 0 Å². The molecule has 1 aromatic carbocycles. The van der Waals surface area contributed by atoms with E-state index in [0.717, 1.165) is 17.1 Å². The number of hydrogen-bond acceptors (Lipinski definition) is 3. The molecule has 0 radical (unpaired) electrons. The largest absolute Gasteiger partial charge is 0.508 e. The van der Waals surface area contributed by atoms with Gasteiger partial charge in [0.25, 0.3) is 0 Å². The Bertz CT molecular complexity index is 515. The lowest BCUT2D eigenvalue weighted by Gasteiger charge is -2.23. The van der Waals surface area contributed by atoms with Crippen molar-refractivity contribution in [1.82, 2.24) is 9.97 Å². The number of benzene rings is 1. The third-order valence-corrected chi connectivity index (χ3v) is 2.91. The van der Waals surface area contributed by atoms with E-state index in [-0.39, 0.29) is 11.2 Å². The van der Waals surface area contributed by atoms with Crippen molar-refractivity contribution in [3.63, 3.8) is 0 Å². The smallest absolute Gasteiger partial charge is 0.119 e. The van der Waals surface area contributed by atoms with Crippen LogP contribution < -0.4 is 4.74 Å². The summed E-state index contributed by atoms with van der Waals surface area (Å²) in [4.78, 5) is 7.42. The predicted octanol–water partition coefficient (Wildman–Crippen LogP) is 2.78. The first-order chi connectivity index (χ1) is 8.49. The van der Waals surface area contributed by atoms with Crippen LogP contribution in [0, 0.1) is 6.92 Å². The van der Waals surface area contributed by atoms with Gasteiger partial charge in [-0.2, -0.15) is 0 Å². The lowest BCUT2D eigenvalue weighted by Crippen LogP contribution is -2.27. The van der Waals surface area contributed by atoms with E-state index >= 15 is 0 Å². The van der Waals surface area contributed by atoms with Gasteiger partial charge in [-0.15, -0.1) is 0 Å². The van der Waals surface area contributed by atoms with E-state index in [4.69, 9.17) is 4.74 Å². The number of aromatic hydroxyl groups is 1. The Morgan fingerprint density at radius 3 is 2.50 bits per heavy atom. The molecule has 4 heteroatoms. The minimum Gasteiger partial charge on any atom is -0.508 e. The topological polar surface area (TPSA) is 58.1 Å². The number of nitrogens with zero attached hydrogens (tertiary/aromatic N) is 1. The Hall–Kier alpha value is -1.97. The summed E-state index contributed by atoms with van der Waals surface area (Å²) >= 11 is 0. The first kappa shape index (κ1) is 12.5. The summed E-state index contributed by atoms with van der Waals surface area (Å²) in [5.41, 5.74) is 1.91. The SMILES string of the molecule is Cc1[nH]cnc1C(C)(C)COc1ccc(O)cc1. The maximum Gasteiger partial charge on any atom is 0.119 e. The molecular weight excluding hydrogens is 228 g/mol. The summed E-state index contributed by atoms with van der Waals surface area (Å²) in [6, 6.07) is 6.73. The van der Waals surface area contributed by atoms with Gasteiger partial charge in [0.1, 0.15) is 11.5 Å². The zero-order valence-corrected chi connectivity index (χ0v) is 10.9. The molecular formula is C14H18N2O2. The Kier molecular flexibility index (Phi) is 3.28. The van der Waals surface area contributed by atoms with E-state index in [1.807, 2.05) is 6.92 Å². The monoisotopic (exact) mass is 246 g/mol. The average Bonchev–Trinajstić information content (AvgIpc) is 2.76. The van der Waals surface area contributed by atoms with Gasteiger partial charge in [0, 0.05) is 11.1 Å². The molecule has 2 aromatic rings. The molecule has 0 unspecified atom stereocenters. The quantitative estimate of drug-likeness (QED) is 0.872. The molecule has 0 saturated carbocycles. The summed E-state index contributed by atoms with van der Waals surface area (Å²) in [7, 11) is 0. The highest BCUT2D eigenvalue weighted by Crippen LogP contribution is 2.25. The minimum absolute atomic E-state index is 0.165. The lowest BCUT2D eigenvalue weighted by atomic mass is 9.89. The summed E-state index contributed by atoms with van der Waals surface area (Å²) in [6.07, 6.45) is 1.70. The second kappa shape index (κ2) is 4.72. The number of aryl methyl sites for hydroxylation is 1. The number of ether oxygens (including phenoxy) is 1. The Labute approximate surface area is 107 Å². The number of H-pyrrole nitrogens is 1. The molecule has 0 fully saturated rings. The van der Waals surface area contributed by atoms with Crippen LogP contribution in [-0.2, 0) is 5.41 Å². The summed E-state index contributed by atoms with van der Waals surface area (Å²) < 4.78 is 5.74. The molecule has 96 valence electrons. The highest BCUT2D eigenvalue weighted by molar-refractivity contribution is 5.30. The fourth-order valence-electron chi connectivity index (χ4n) is 1.92. The number of phenols is 1. The average molecular weight is 246 g/mol. The summed E-state index contributed by atoms with van der Waals surface area (Å²) in [5.74, 6) is 0.985. The number of aromatic nitrogens is 2. The molecule has 0 aliphatic carbocycles. The summed E-state index contributed by atoms with van der Waals surface area (Å²) in [5, 5.41) is 9.20. The fraction of sp³-hybridized carbons (Fsp3) is 0.357. The molecule has 0 bridgehead atoms. The minimum atomic E-state index is -0.165. The molecule has 1 heterocycles. The number of hydrogen-bond donors (Lipinski definition) is 2. The van der Waals surface area contributed by atoms with Crippen molar-refractivity contribution in [2.75, 3.05) is 6.61 Å². The van der Waals surface area contributed by atoms with Gasteiger partial charge in [-0.25, -0.2) is 4.98 Å². The molecule has 2 rings (SSSR count). The zero-order valence-electron chi connectivity index (χ0n) is 10.9. The molecule has 0 saturated heterocycles. The Balaban J connectivity index is 2.05. The van der Waals surface area contributed by atoms with Gasteiger partial charge >= 0.3 is 0 Å². The van der Waals surface area contributed by atoms with Gasteiger partial charge in [0.05, 0.1) is 18.6 Å². The van der Waals surface area contributed by atoms with Gasteiger partial charge in [0.2, 0.25) is 0 Å². The van der Waals surface area contributed by atoms with Gasteiger partial charge < -0.3 is 14.8 Å². The van der Waals surface area contributed by atoms with Gasteiger partial charge in [0.15, 0.2) is 0 Å². The number of imidazole rings is 1. The summed E-state index contributed by atoms with van der Waals surface area (Å²) in [6.45, 7) is 6.72. The van der Waals surface area contributed by atoms with Crippen LogP contribution in [0.5, 0.6) is 11.5 Å². The number of phenolic OH excluding ortho intramolecular Hbond substituents is 1. The molecule has 2 N–H and O–H groups in total. The van der Waals surface area contributed by atoms with Crippen molar-refractivity contribution < 1.29 is 9.84 Å². The predicted molar refractivity (Wildman–Crippen MR) is 70.0 cm³/mol. The van der Waals surface area contributed by atoms with Gasteiger partial charge in [-0.05, 0) is 31.2 Å². The Morgan fingerprint density at radius 1 is 1.28 bits per heavy atom. The first-order valence-corrected chi connectivity index (χ1v) is 5.91. The van der Waals surface area contributed by atoms with Crippen LogP contribution in [0.15, 0.2) is 30.6 Å². The third kappa shape index (κ3) is 2.64. The van der Waals surface area contributed by atoms with Crippen LogP contribution in [-0.4, -0.2) is 21.7 Å². The second-order valence-corrected chi connectivity index (χ2v) is 5.04.